The van der Waals surface area contributed by atoms with Crippen molar-refractivity contribution < 1.29 is 13.2 Å². The normalized spacial score (nSPS) is 22.5. The van der Waals surface area contributed by atoms with Gasteiger partial charge in [-0.05, 0) is 82.1 Å². The Morgan fingerprint density at radius 3 is 2.71 bits per heavy atom. The zero-order valence-electron chi connectivity index (χ0n) is 16.6. The van der Waals surface area contributed by atoms with Crippen LogP contribution in [0.4, 0.5) is 5.69 Å². The fraction of sp³-hybridized carbons (Fsp3) is 0.591. The van der Waals surface area contributed by atoms with Crippen molar-refractivity contribution in [1.29, 1.82) is 0 Å². The molecule has 0 bridgehead atoms. The number of hydrogen-bond acceptors (Lipinski definition) is 3. The number of carbonyl (C=O) groups is 1. The Labute approximate surface area is 168 Å². The zero-order chi connectivity index (χ0) is 19.7. The van der Waals surface area contributed by atoms with Crippen LogP contribution in [0.1, 0.15) is 63.9 Å². The van der Waals surface area contributed by atoms with E-state index in [4.69, 9.17) is 0 Å². The molecule has 3 aliphatic rings. The molecular weight excluding hydrogens is 372 g/mol. The molecule has 0 aromatic heterocycles. The molecule has 1 N–H and O–H groups in total. The Hall–Kier alpha value is -1.66. The highest BCUT2D eigenvalue weighted by molar-refractivity contribution is 7.89. The Morgan fingerprint density at radius 2 is 2.04 bits per heavy atom. The van der Waals surface area contributed by atoms with Crippen LogP contribution in [0.25, 0.3) is 0 Å². The second-order valence-electron chi connectivity index (χ2n) is 8.44. The van der Waals surface area contributed by atoms with Gasteiger partial charge in [0.2, 0.25) is 15.9 Å². The highest BCUT2D eigenvalue weighted by atomic mass is 32.2. The maximum Gasteiger partial charge on any atom is 0.240 e. The molecule has 6 heteroatoms. The lowest BCUT2D eigenvalue weighted by molar-refractivity contribution is -0.125. The van der Waals surface area contributed by atoms with Crippen molar-refractivity contribution >= 4 is 21.6 Å². The average Bonchev–Trinajstić information content (AvgIpc) is 2.95. The highest BCUT2D eigenvalue weighted by Gasteiger charge is 2.37. The Bertz CT molecular complexity index is 887. The van der Waals surface area contributed by atoms with Gasteiger partial charge in [0.1, 0.15) is 0 Å². The van der Waals surface area contributed by atoms with Gasteiger partial charge < -0.3 is 4.90 Å². The fourth-order valence-electron chi connectivity index (χ4n) is 4.52. The first kappa shape index (κ1) is 19.6. The van der Waals surface area contributed by atoms with Crippen molar-refractivity contribution in [2.75, 3.05) is 11.4 Å². The molecule has 1 saturated carbocycles. The third kappa shape index (κ3) is 3.90. The topological polar surface area (TPSA) is 66.5 Å². The number of benzene rings is 1. The SMILES string of the molecule is CC1Cc2cc(S(=O)(=O)NCCC3=CCCCC3)ccc2N1C(=O)C1CCC1. The number of carbonyl (C=O) groups excluding carboxylic acids is 1. The predicted molar refractivity (Wildman–Crippen MR) is 111 cm³/mol. The standard InChI is InChI=1S/C22H30N2O3S/c1-16-14-19-15-20(10-11-21(19)24(16)22(25)18-8-5-9-18)28(26,27)23-13-12-17-6-3-2-4-7-17/h6,10-11,15-16,18,23H,2-5,7-9,12-14H2,1H3. The molecule has 1 fully saturated rings. The number of nitrogens with zero attached hydrogens (tertiary/aromatic N) is 1. The maximum atomic E-state index is 12.8. The van der Waals surface area contributed by atoms with E-state index in [1.807, 2.05) is 17.9 Å². The fourth-order valence-corrected chi connectivity index (χ4v) is 5.61. The summed E-state index contributed by atoms with van der Waals surface area (Å²) in [5.74, 6) is 0.347. The van der Waals surface area contributed by atoms with E-state index in [9.17, 15) is 13.2 Å². The van der Waals surface area contributed by atoms with Gasteiger partial charge in [0, 0.05) is 24.2 Å². The lowest BCUT2D eigenvalue weighted by atomic mass is 9.84. The molecule has 1 aliphatic heterocycles. The summed E-state index contributed by atoms with van der Waals surface area (Å²) in [6.45, 7) is 2.48. The van der Waals surface area contributed by atoms with E-state index in [1.165, 1.54) is 18.4 Å². The van der Waals surface area contributed by atoms with Gasteiger partial charge >= 0.3 is 0 Å². The van der Waals surface area contributed by atoms with E-state index >= 15 is 0 Å². The van der Waals surface area contributed by atoms with Gasteiger partial charge in [0.15, 0.2) is 0 Å². The molecule has 28 heavy (non-hydrogen) atoms. The largest absolute Gasteiger partial charge is 0.309 e. The van der Waals surface area contributed by atoms with Crippen LogP contribution in [0.5, 0.6) is 0 Å². The van der Waals surface area contributed by atoms with Crippen molar-refractivity contribution in [2.24, 2.45) is 5.92 Å². The molecule has 5 nitrogen and oxygen atoms in total. The lowest BCUT2D eigenvalue weighted by Gasteiger charge is -2.32. The summed E-state index contributed by atoms with van der Waals surface area (Å²) in [6.07, 6.45) is 11.5. The second-order valence-corrected chi connectivity index (χ2v) is 10.2. The van der Waals surface area contributed by atoms with E-state index in [0.717, 1.165) is 49.8 Å². The molecule has 0 saturated heterocycles. The van der Waals surface area contributed by atoms with Gasteiger partial charge in [-0.2, -0.15) is 0 Å². The first-order chi connectivity index (χ1) is 13.5. The number of rotatable bonds is 6. The molecule has 2 aliphatic carbocycles. The predicted octanol–water partition coefficient (Wildman–Crippen LogP) is 3.93. The minimum atomic E-state index is -3.53. The van der Waals surface area contributed by atoms with Crippen molar-refractivity contribution in [1.82, 2.24) is 4.72 Å². The van der Waals surface area contributed by atoms with Gasteiger partial charge in [0.25, 0.3) is 0 Å². The number of sulfonamides is 1. The molecule has 1 aromatic rings. The molecule has 4 rings (SSSR count). The molecule has 1 amide bonds. The zero-order valence-corrected chi connectivity index (χ0v) is 17.4. The van der Waals surface area contributed by atoms with Crippen LogP contribution in [0.3, 0.4) is 0 Å². The molecule has 0 radical (unpaired) electrons. The van der Waals surface area contributed by atoms with Crippen LogP contribution in [0.2, 0.25) is 0 Å². The number of fused-ring (bicyclic) bond motifs is 1. The van der Waals surface area contributed by atoms with Gasteiger partial charge in [-0.25, -0.2) is 13.1 Å². The number of anilines is 1. The molecular formula is C22H30N2O3S. The quantitative estimate of drug-likeness (QED) is 0.733. The number of allylic oxidation sites excluding steroid dienone is 1. The van der Waals surface area contributed by atoms with Gasteiger partial charge in [-0.1, -0.05) is 18.1 Å². The van der Waals surface area contributed by atoms with Crippen molar-refractivity contribution in [3.8, 4) is 0 Å². The summed E-state index contributed by atoms with van der Waals surface area (Å²) in [6, 6.07) is 5.29. The molecule has 1 atom stereocenters. The lowest BCUT2D eigenvalue weighted by Crippen LogP contribution is -2.42. The summed E-state index contributed by atoms with van der Waals surface area (Å²) >= 11 is 0. The monoisotopic (exact) mass is 402 g/mol. The van der Waals surface area contributed by atoms with E-state index in [2.05, 4.69) is 10.8 Å². The third-order valence-electron chi connectivity index (χ3n) is 6.39. The molecule has 152 valence electrons. The van der Waals surface area contributed by atoms with Crippen molar-refractivity contribution in [3.63, 3.8) is 0 Å². The van der Waals surface area contributed by atoms with Crippen molar-refractivity contribution in [2.45, 2.75) is 75.6 Å². The third-order valence-corrected chi connectivity index (χ3v) is 7.85. The van der Waals surface area contributed by atoms with Crippen LogP contribution >= 0.6 is 0 Å². The maximum absolute atomic E-state index is 12.8. The highest BCUT2D eigenvalue weighted by Crippen LogP contribution is 2.38. The van der Waals surface area contributed by atoms with Crippen LogP contribution < -0.4 is 9.62 Å². The second kappa shape index (κ2) is 7.99. The van der Waals surface area contributed by atoms with E-state index in [-0.39, 0.29) is 17.9 Å². The number of nitrogens with one attached hydrogen (secondary N) is 1. The Balaban J connectivity index is 1.45. The van der Waals surface area contributed by atoms with Crippen LogP contribution in [0.15, 0.2) is 34.7 Å². The molecule has 0 spiro atoms. The van der Waals surface area contributed by atoms with Gasteiger partial charge in [0.05, 0.1) is 4.90 Å². The summed E-state index contributed by atoms with van der Waals surface area (Å²) in [7, 11) is -3.53. The number of hydrogen-bond donors (Lipinski definition) is 1. The smallest absolute Gasteiger partial charge is 0.240 e. The minimum absolute atomic E-state index is 0.0900. The van der Waals surface area contributed by atoms with E-state index < -0.39 is 10.0 Å². The van der Waals surface area contributed by atoms with Gasteiger partial charge in [-0.3, -0.25) is 4.79 Å². The van der Waals surface area contributed by atoms with E-state index in [0.29, 0.717) is 17.9 Å². The summed E-state index contributed by atoms with van der Waals surface area (Å²) < 4.78 is 28.2. The summed E-state index contributed by atoms with van der Waals surface area (Å²) in [5.41, 5.74) is 3.20. The van der Waals surface area contributed by atoms with E-state index in [1.54, 1.807) is 12.1 Å². The minimum Gasteiger partial charge on any atom is -0.309 e. The van der Waals surface area contributed by atoms with Gasteiger partial charge in [-0.15, -0.1) is 0 Å². The van der Waals surface area contributed by atoms with Crippen LogP contribution in [0, 0.1) is 5.92 Å². The first-order valence-corrected chi connectivity index (χ1v) is 12.1. The van der Waals surface area contributed by atoms with Crippen molar-refractivity contribution in [3.05, 3.63) is 35.4 Å². The summed E-state index contributed by atoms with van der Waals surface area (Å²) in [4.78, 5) is 15.0. The summed E-state index contributed by atoms with van der Waals surface area (Å²) in [5, 5.41) is 0. The Morgan fingerprint density at radius 1 is 1.21 bits per heavy atom. The molecule has 1 unspecified atom stereocenters. The Kier molecular flexibility index (Phi) is 5.61. The molecule has 1 heterocycles. The van der Waals surface area contributed by atoms with Crippen LogP contribution in [-0.4, -0.2) is 26.9 Å². The average molecular weight is 403 g/mol. The molecule has 1 aromatic carbocycles. The first-order valence-electron chi connectivity index (χ1n) is 10.6. The number of amides is 1. The van der Waals surface area contributed by atoms with Crippen LogP contribution in [-0.2, 0) is 21.2 Å².